The third kappa shape index (κ3) is 7.28. The second kappa shape index (κ2) is 12.3. The van der Waals surface area contributed by atoms with Crippen molar-refractivity contribution in [1.29, 1.82) is 0 Å². The van der Waals surface area contributed by atoms with Crippen molar-refractivity contribution in [1.82, 2.24) is 5.43 Å². The predicted octanol–water partition coefficient (Wildman–Crippen LogP) is 3.90. The first-order valence-corrected chi connectivity index (χ1v) is 10.9. The minimum absolute atomic E-state index is 0.127. The van der Waals surface area contributed by atoms with Crippen LogP contribution in [0.25, 0.3) is 0 Å². The van der Waals surface area contributed by atoms with Crippen molar-refractivity contribution >= 4 is 46.9 Å². The number of carbonyl (C=O) groups excluding carboxylic acids is 3. The van der Waals surface area contributed by atoms with Crippen LogP contribution in [0.4, 0.5) is 15.8 Å². The summed E-state index contributed by atoms with van der Waals surface area (Å²) in [5.74, 6) is -2.91. The summed E-state index contributed by atoms with van der Waals surface area (Å²) >= 11 is 6.29. The highest BCUT2D eigenvalue weighted by atomic mass is 35.5. The molecule has 0 aliphatic heterocycles. The predicted molar refractivity (Wildman–Crippen MR) is 134 cm³/mol. The molecule has 3 rings (SSSR count). The van der Waals surface area contributed by atoms with Gasteiger partial charge >= 0.3 is 11.8 Å². The van der Waals surface area contributed by atoms with Crippen LogP contribution in [-0.4, -0.2) is 37.7 Å². The Morgan fingerprint density at radius 2 is 1.75 bits per heavy atom. The minimum atomic E-state index is -1.10. The topological polar surface area (TPSA) is 118 Å². The quantitative estimate of drug-likeness (QED) is 0.240. The monoisotopic (exact) mass is 512 g/mol. The Morgan fingerprint density at radius 3 is 2.44 bits per heavy atom. The number of ether oxygens (including phenoxy) is 2. The Kier molecular flexibility index (Phi) is 8.95. The standard InChI is InChI=1S/C25H22ClFN4O5/c1-15-7-9-17(10-8-15)29-22(32)14-36-23-18(26)11-16(12-21(23)35-2)13-28-31-25(34)24(33)30-20-6-4-3-5-19(20)27/h3-13H,14H2,1-2H3,(H,29,32)(H,30,33)(H,31,34)/b28-13-. The maximum absolute atomic E-state index is 13.6. The van der Waals surface area contributed by atoms with Crippen LogP contribution in [0.3, 0.4) is 0 Å². The molecule has 0 aliphatic carbocycles. The number of hydrazone groups is 1. The van der Waals surface area contributed by atoms with Crippen molar-refractivity contribution in [2.24, 2.45) is 5.10 Å². The maximum Gasteiger partial charge on any atom is 0.329 e. The first-order chi connectivity index (χ1) is 17.3. The molecule has 0 atom stereocenters. The van der Waals surface area contributed by atoms with Gasteiger partial charge in [0.2, 0.25) is 0 Å². The van der Waals surface area contributed by atoms with Crippen molar-refractivity contribution in [2.45, 2.75) is 6.92 Å². The van der Waals surface area contributed by atoms with Gasteiger partial charge in [-0.3, -0.25) is 14.4 Å². The zero-order chi connectivity index (χ0) is 26.1. The van der Waals surface area contributed by atoms with E-state index in [1.165, 1.54) is 43.7 Å². The van der Waals surface area contributed by atoms with Crippen molar-refractivity contribution < 1.29 is 28.2 Å². The molecule has 3 amide bonds. The molecule has 186 valence electrons. The van der Waals surface area contributed by atoms with Crippen LogP contribution in [0, 0.1) is 12.7 Å². The number of nitrogens with zero attached hydrogens (tertiary/aromatic N) is 1. The molecule has 0 saturated carbocycles. The summed E-state index contributed by atoms with van der Waals surface area (Å²) in [6.45, 7) is 1.63. The summed E-state index contributed by atoms with van der Waals surface area (Å²) in [6, 6.07) is 15.7. The Balaban J connectivity index is 1.58. The molecule has 0 bridgehead atoms. The first kappa shape index (κ1) is 26.2. The highest BCUT2D eigenvalue weighted by Gasteiger charge is 2.16. The van der Waals surface area contributed by atoms with E-state index >= 15 is 0 Å². The number of rotatable bonds is 8. The molecule has 11 heteroatoms. The number of nitrogens with one attached hydrogen (secondary N) is 3. The number of hydrogen-bond acceptors (Lipinski definition) is 6. The van der Waals surface area contributed by atoms with Crippen molar-refractivity contribution in [3.05, 3.63) is 82.6 Å². The molecule has 3 N–H and O–H groups in total. The van der Waals surface area contributed by atoms with Crippen LogP contribution in [0.2, 0.25) is 5.02 Å². The number of halogens is 2. The average molecular weight is 513 g/mol. The van der Waals surface area contributed by atoms with Crippen molar-refractivity contribution in [2.75, 3.05) is 24.4 Å². The molecule has 3 aromatic rings. The lowest BCUT2D eigenvalue weighted by Crippen LogP contribution is -2.32. The van der Waals surface area contributed by atoms with E-state index in [4.69, 9.17) is 21.1 Å². The van der Waals surface area contributed by atoms with Crippen molar-refractivity contribution in [3.8, 4) is 11.5 Å². The van der Waals surface area contributed by atoms with Crippen LogP contribution >= 0.6 is 11.6 Å². The van der Waals surface area contributed by atoms with E-state index in [1.54, 1.807) is 12.1 Å². The van der Waals surface area contributed by atoms with Crippen molar-refractivity contribution in [3.63, 3.8) is 0 Å². The number of aryl methyl sites for hydroxylation is 1. The third-order valence-corrected chi connectivity index (χ3v) is 4.92. The third-order valence-electron chi connectivity index (χ3n) is 4.64. The van der Waals surface area contributed by atoms with Crippen LogP contribution in [0.5, 0.6) is 11.5 Å². The number of carbonyl (C=O) groups is 3. The Morgan fingerprint density at radius 1 is 1.03 bits per heavy atom. The van der Waals surface area contributed by atoms with Gasteiger partial charge in [0.05, 0.1) is 24.0 Å². The van der Waals surface area contributed by atoms with Gasteiger partial charge in [0, 0.05) is 5.69 Å². The lowest BCUT2D eigenvalue weighted by molar-refractivity contribution is -0.136. The molecule has 0 aliphatic rings. The van der Waals surface area contributed by atoms with Gasteiger partial charge in [-0.2, -0.15) is 5.10 Å². The fourth-order valence-electron chi connectivity index (χ4n) is 2.88. The molecule has 0 radical (unpaired) electrons. The number of para-hydroxylation sites is 1. The second-order valence-corrected chi connectivity index (χ2v) is 7.78. The van der Waals surface area contributed by atoms with E-state index < -0.39 is 17.6 Å². The highest BCUT2D eigenvalue weighted by Crippen LogP contribution is 2.36. The summed E-state index contributed by atoms with van der Waals surface area (Å²) < 4.78 is 24.4. The van der Waals surface area contributed by atoms with Crippen LogP contribution < -0.4 is 25.5 Å². The van der Waals surface area contributed by atoms with Gasteiger partial charge < -0.3 is 20.1 Å². The summed E-state index contributed by atoms with van der Waals surface area (Å²) in [5.41, 5.74) is 4.00. The lowest BCUT2D eigenvalue weighted by atomic mass is 10.2. The van der Waals surface area contributed by atoms with Crippen LogP contribution in [0.1, 0.15) is 11.1 Å². The van der Waals surface area contributed by atoms with Gasteiger partial charge in [0.25, 0.3) is 5.91 Å². The zero-order valence-electron chi connectivity index (χ0n) is 19.3. The Labute approximate surface area is 211 Å². The summed E-state index contributed by atoms with van der Waals surface area (Å²) in [7, 11) is 1.39. The molecule has 0 unspecified atom stereocenters. The molecule has 0 saturated heterocycles. The molecule has 0 aromatic heterocycles. The zero-order valence-corrected chi connectivity index (χ0v) is 20.1. The van der Waals surface area contributed by atoms with Gasteiger partial charge in [0.15, 0.2) is 18.1 Å². The Bertz CT molecular complexity index is 1300. The number of amides is 3. The van der Waals surface area contributed by atoms with Gasteiger partial charge in [-0.05, 0) is 48.9 Å². The summed E-state index contributed by atoms with van der Waals surface area (Å²) in [4.78, 5) is 36.0. The largest absolute Gasteiger partial charge is 0.493 e. The average Bonchev–Trinajstić information content (AvgIpc) is 2.85. The SMILES string of the molecule is COc1cc(/C=N\NC(=O)C(=O)Nc2ccccc2F)cc(Cl)c1OCC(=O)Nc1ccc(C)cc1. The van der Waals surface area contributed by atoms with Crippen LogP contribution in [-0.2, 0) is 14.4 Å². The van der Waals surface area contributed by atoms with E-state index in [9.17, 15) is 18.8 Å². The number of anilines is 2. The van der Waals surface area contributed by atoms with Crippen LogP contribution in [0.15, 0.2) is 65.8 Å². The Hall–Kier alpha value is -4.44. The fourth-order valence-corrected chi connectivity index (χ4v) is 3.16. The lowest BCUT2D eigenvalue weighted by Gasteiger charge is -2.13. The van der Waals surface area contributed by atoms with Gasteiger partial charge in [-0.25, -0.2) is 9.82 Å². The van der Waals surface area contributed by atoms with Gasteiger partial charge in [-0.1, -0.05) is 41.4 Å². The molecule has 3 aromatic carbocycles. The molecule has 9 nitrogen and oxygen atoms in total. The van der Waals surface area contributed by atoms with E-state index in [0.717, 1.165) is 11.6 Å². The van der Waals surface area contributed by atoms with E-state index in [0.29, 0.717) is 11.3 Å². The minimum Gasteiger partial charge on any atom is -0.493 e. The van der Waals surface area contributed by atoms with E-state index in [1.807, 2.05) is 24.5 Å². The normalized spacial score (nSPS) is 10.6. The highest BCUT2D eigenvalue weighted by molar-refractivity contribution is 6.39. The second-order valence-electron chi connectivity index (χ2n) is 7.37. The summed E-state index contributed by atoms with van der Waals surface area (Å²) in [5, 5.41) is 8.68. The molecule has 0 fully saturated rings. The number of benzene rings is 3. The smallest absolute Gasteiger partial charge is 0.329 e. The number of hydrogen-bond donors (Lipinski definition) is 3. The first-order valence-electron chi connectivity index (χ1n) is 10.5. The molecular formula is C25H22ClFN4O5. The van der Waals surface area contributed by atoms with Gasteiger partial charge in [-0.15, -0.1) is 0 Å². The molecule has 36 heavy (non-hydrogen) atoms. The van der Waals surface area contributed by atoms with Gasteiger partial charge in [0.1, 0.15) is 5.82 Å². The van der Waals surface area contributed by atoms with E-state index in [2.05, 4.69) is 15.7 Å². The number of methoxy groups -OCH3 is 1. The summed E-state index contributed by atoms with van der Waals surface area (Å²) in [6.07, 6.45) is 1.22. The molecule has 0 spiro atoms. The van der Waals surface area contributed by atoms with E-state index in [-0.39, 0.29) is 34.7 Å². The maximum atomic E-state index is 13.6. The fraction of sp³-hybridized carbons (Fsp3) is 0.120. The molecular weight excluding hydrogens is 491 g/mol. The molecule has 0 heterocycles.